The van der Waals surface area contributed by atoms with Gasteiger partial charge >= 0.3 is 0 Å². The van der Waals surface area contributed by atoms with E-state index in [-0.39, 0.29) is 0 Å². The van der Waals surface area contributed by atoms with E-state index in [1.807, 2.05) is 0 Å². The highest BCUT2D eigenvalue weighted by Crippen LogP contribution is 2.54. The molecule has 290 valence electrons. The summed E-state index contributed by atoms with van der Waals surface area (Å²) < 4.78 is 383. The third-order valence-electron chi connectivity index (χ3n) is 11.7. The average Bonchev–Trinajstić information content (AvgIpc) is 1.58. The molecule has 12 aromatic rings. The molecule has 0 heterocycles. The van der Waals surface area contributed by atoms with E-state index >= 15 is 0 Å². The Morgan fingerprint density at radius 2 is 0.645 bits per heavy atom. The van der Waals surface area contributed by atoms with Crippen LogP contribution in [0.5, 0.6) is 0 Å². The first-order valence-corrected chi connectivity index (χ1v) is 18.8. The standard InChI is InChI=1S/C62H42/c1-61(2)53-31-41(19-25-47(53)49-27-21-43(33-55(49)61)45-23-15-39-13-11-35-7-5-9-37-17-29-51(45)59(39)57(35)37)42-20-26-48-50-28-22-44(34-56(50)62(3,4)54(48)32-42)46-24-16-40-14-12-36-8-6-10-38-18-30-52(46)60(40)58(36)38/h5-34H,1-4H3/i1D3,2D3,3D3,4D3,5D,6D,7D,8D,9D,10D,11D,12D,13D,14D,15D,16D,17D,18D,19D,20D,21D,22D,23D,24D,25D,26D,27D,28D,29D,30D,31D,33D,34D. The van der Waals surface area contributed by atoms with Crippen LogP contribution in [0.25, 0.3) is 120 Å². The molecule has 0 bridgehead atoms. The summed E-state index contributed by atoms with van der Waals surface area (Å²) in [5.41, 5.74) is -23.4. The predicted octanol–water partition coefficient (Wildman–Crippen LogP) is 17.1. The molecule has 0 N–H and O–H groups in total. The van der Waals surface area contributed by atoms with Crippen molar-refractivity contribution < 1.29 is 56.2 Å². The van der Waals surface area contributed by atoms with E-state index in [9.17, 15) is 42.5 Å². The fraction of sp³-hybridized carbons (Fsp3) is 0.0968. The first-order valence-electron chi connectivity index (χ1n) is 39.3. The van der Waals surface area contributed by atoms with Gasteiger partial charge in [0.2, 0.25) is 0 Å². The van der Waals surface area contributed by atoms with E-state index in [1.165, 1.54) is 0 Å². The number of hydrogen-bond donors (Lipinski definition) is 0. The molecule has 0 unspecified atom stereocenters. The van der Waals surface area contributed by atoms with Crippen LogP contribution in [0.3, 0.4) is 0 Å². The summed E-state index contributed by atoms with van der Waals surface area (Å²) in [6.07, 6.45) is 0. The van der Waals surface area contributed by atoms with E-state index in [0.717, 1.165) is 0 Å². The van der Waals surface area contributed by atoms with Gasteiger partial charge in [-0.15, -0.1) is 0 Å². The highest BCUT2D eigenvalue weighted by atomic mass is 14.4. The Morgan fingerprint density at radius 3 is 1.11 bits per heavy atom. The molecule has 2 aliphatic rings. The Morgan fingerprint density at radius 1 is 0.306 bits per heavy atom. The molecule has 0 spiro atoms. The van der Waals surface area contributed by atoms with Gasteiger partial charge in [-0.25, -0.2) is 0 Å². The zero-order chi connectivity index (χ0) is 76.5. The van der Waals surface area contributed by atoms with Crippen molar-refractivity contribution in [2.24, 2.45) is 0 Å². The molecule has 0 radical (unpaired) electrons. The molecule has 0 saturated carbocycles. The van der Waals surface area contributed by atoms with E-state index in [2.05, 4.69) is 0 Å². The molecule has 0 nitrogen and oxygen atoms in total. The van der Waals surface area contributed by atoms with Crippen LogP contribution in [0.1, 0.15) is 106 Å². The van der Waals surface area contributed by atoms with Gasteiger partial charge in [0.05, 0.1) is 39.8 Å². The van der Waals surface area contributed by atoms with Gasteiger partial charge < -0.3 is 0 Å². The summed E-state index contributed by atoms with van der Waals surface area (Å²) >= 11 is 0. The van der Waals surface area contributed by atoms with Gasteiger partial charge in [-0.1, -0.05) is 185 Å². The van der Waals surface area contributed by atoms with Crippen LogP contribution in [0.2, 0.25) is 0 Å². The van der Waals surface area contributed by atoms with Crippen molar-refractivity contribution in [3.05, 3.63) is 204 Å². The molecule has 0 amide bonds. The van der Waals surface area contributed by atoms with Crippen LogP contribution in [0, 0.1) is 0 Å². The molecular weight excluding hydrogens is 745 g/mol. The monoisotopic (exact) mass is 828 g/mol. The zero-order valence-electron chi connectivity index (χ0n) is 72.1. The predicted molar refractivity (Wildman–Crippen MR) is 265 cm³/mol. The SMILES string of the molecule is [2H]c1c(-c2c([2H])c([2H])c3c(c2[2H])C(C([2H])([2H])[2H])(C([2H])([2H])[2H])c2c([2H])c(-c4c([2H])c([2H])c5c([2H])c([2H])c6c([2H])c([2H])c([2H])c7c([2H])c([2H])c4c5c67)c([2H])c([2H])c2-3)cc2c(c1[2H])-c1c([2H])c([2H])c(-c3c([2H])c([2H])c4c([2H])c([2H])c5c([2H])c([2H])c([2H])c6c([2H])c([2H])c3c4c56)c([2H])c1C2(C([2H])([2H])[2H])C([2H])([2H])[2H]. The molecular formula is C62H42. The minimum Gasteiger partial charge on any atom is -0.0610 e. The van der Waals surface area contributed by atoms with E-state index in [1.54, 1.807) is 0 Å². The fourth-order valence-electron chi connectivity index (χ4n) is 8.85. The van der Waals surface area contributed by atoms with Gasteiger partial charge in [0, 0.05) is 27.3 Å². The van der Waals surface area contributed by atoms with E-state index < -0.39 is 356 Å². The van der Waals surface area contributed by atoms with Crippen molar-refractivity contribution >= 4 is 64.6 Å². The number of benzene rings is 12. The summed E-state index contributed by atoms with van der Waals surface area (Å²) in [4.78, 5) is 0. The van der Waals surface area contributed by atoms with Crippen LogP contribution < -0.4 is 0 Å². The van der Waals surface area contributed by atoms with Gasteiger partial charge in [-0.3, -0.25) is 0 Å². The van der Waals surface area contributed by atoms with Crippen molar-refractivity contribution in [3.8, 4) is 55.6 Å². The first kappa shape index (κ1) is 13.4. The van der Waals surface area contributed by atoms with Crippen LogP contribution >= 0.6 is 0 Å². The molecule has 0 fully saturated rings. The van der Waals surface area contributed by atoms with Crippen molar-refractivity contribution in [2.75, 3.05) is 0 Å². The molecule has 0 aliphatic heterocycles. The van der Waals surface area contributed by atoms with Crippen LogP contribution in [-0.2, 0) is 10.8 Å². The Labute approximate surface area is 419 Å². The number of rotatable bonds is 3. The maximum atomic E-state index is 10.1. The average molecular weight is 828 g/mol. The Kier molecular flexibility index (Phi) is 2.53. The lowest BCUT2D eigenvalue weighted by molar-refractivity contribution is 0.660. The van der Waals surface area contributed by atoms with Crippen LogP contribution in [-0.4, -0.2) is 0 Å². The molecule has 0 saturated heterocycles. The highest BCUT2D eigenvalue weighted by molar-refractivity contribution is 6.26. The van der Waals surface area contributed by atoms with Gasteiger partial charge in [0.1, 0.15) is 0 Å². The first-order chi connectivity index (χ1) is 47.4. The topological polar surface area (TPSA) is 0 Å². The lowest BCUT2D eigenvalue weighted by atomic mass is 9.79. The minimum atomic E-state index is -4.20. The minimum absolute atomic E-state index is 0.415. The lowest BCUT2D eigenvalue weighted by Gasteiger charge is -2.24. The van der Waals surface area contributed by atoms with Crippen molar-refractivity contribution in [2.45, 2.75) is 38.2 Å². The summed E-state index contributed by atoms with van der Waals surface area (Å²) in [7, 11) is 0. The van der Waals surface area contributed by atoms with Crippen molar-refractivity contribution in [1.82, 2.24) is 0 Å². The quantitative estimate of drug-likeness (QED) is 0.156. The fourth-order valence-corrected chi connectivity index (χ4v) is 8.85. The molecule has 0 aromatic heterocycles. The molecule has 2 aliphatic carbocycles. The van der Waals surface area contributed by atoms with Crippen LogP contribution in [0.15, 0.2) is 181 Å². The molecule has 14 rings (SSSR count). The number of fused-ring (bicyclic) bond motifs is 6. The second-order valence-corrected chi connectivity index (χ2v) is 15.1. The van der Waals surface area contributed by atoms with Crippen LogP contribution in [0.4, 0.5) is 0 Å². The third-order valence-corrected chi connectivity index (χ3v) is 11.7. The summed E-state index contributed by atoms with van der Waals surface area (Å²) in [6, 6.07) is -30.3. The molecule has 0 heteroatoms. The lowest BCUT2D eigenvalue weighted by Crippen LogP contribution is -2.15. The number of hydrogen-bond acceptors (Lipinski definition) is 0. The smallest absolute Gasteiger partial charge is 0.0610 e. The normalized spacial score (nSPS) is 24.9. The van der Waals surface area contributed by atoms with E-state index in [4.69, 9.17) is 13.7 Å². The van der Waals surface area contributed by atoms with Gasteiger partial charge in [-0.2, -0.15) is 0 Å². The van der Waals surface area contributed by atoms with E-state index in [0.29, 0.717) is 6.07 Å². The largest absolute Gasteiger partial charge is 0.0633 e. The Bertz CT molecular complexity index is 6010. The molecule has 12 aromatic carbocycles. The second-order valence-electron chi connectivity index (χ2n) is 15.1. The van der Waals surface area contributed by atoms with Gasteiger partial charge in [-0.05, 0) is 167 Å². The highest BCUT2D eigenvalue weighted by Gasteiger charge is 2.38. The summed E-state index contributed by atoms with van der Waals surface area (Å²) in [6.45, 7) is -16.6. The summed E-state index contributed by atoms with van der Waals surface area (Å²) in [5.74, 6) is 0. The Balaban J connectivity index is 1.09. The molecule has 0 atom stereocenters. The Hall–Kier alpha value is -7.28. The van der Waals surface area contributed by atoms with Crippen molar-refractivity contribution in [1.29, 1.82) is 0 Å². The van der Waals surface area contributed by atoms with Gasteiger partial charge in [0.15, 0.2) is 0 Å². The molecule has 62 heavy (non-hydrogen) atoms. The third kappa shape index (κ3) is 4.42. The van der Waals surface area contributed by atoms with Crippen molar-refractivity contribution in [3.63, 3.8) is 0 Å². The second kappa shape index (κ2) is 11.8. The maximum Gasteiger partial charge on any atom is 0.0633 e. The summed E-state index contributed by atoms with van der Waals surface area (Å²) in [5, 5.41) is -6.57. The maximum absolute atomic E-state index is 10.1. The van der Waals surface area contributed by atoms with Gasteiger partial charge in [0.25, 0.3) is 0 Å². The zero-order valence-corrected chi connectivity index (χ0v) is 31.1.